The van der Waals surface area contributed by atoms with Gasteiger partial charge in [0.05, 0.1) is 13.7 Å². The van der Waals surface area contributed by atoms with Gasteiger partial charge in [-0.25, -0.2) is 0 Å². The van der Waals surface area contributed by atoms with Gasteiger partial charge < -0.3 is 20.1 Å². The summed E-state index contributed by atoms with van der Waals surface area (Å²) >= 11 is 0. The lowest BCUT2D eigenvalue weighted by Gasteiger charge is -2.17. The molecule has 4 rings (SSSR count). The predicted octanol–water partition coefficient (Wildman–Crippen LogP) is 3.74. The van der Waals surface area contributed by atoms with Gasteiger partial charge in [0.2, 0.25) is 5.91 Å². The number of ether oxygens (including phenoxy) is 2. The maximum absolute atomic E-state index is 11.5. The van der Waals surface area contributed by atoms with E-state index >= 15 is 0 Å². The van der Waals surface area contributed by atoms with Crippen molar-refractivity contribution in [1.29, 1.82) is 0 Å². The van der Waals surface area contributed by atoms with E-state index in [0.29, 0.717) is 24.9 Å². The summed E-state index contributed by atoms with van der Waals surface area (Å²) in [6, 6.07) is 14.3. The number of methoxy groups -OCH3 is 1. The number of fused-ring (bicyclic) bond motifs is 1. The minimum absolute atomic E-state index is 0.0837. The highest BCUT2D eigenvalue weighted by Crippen LogP contribution is 2.49. The molecule has 2 N–H and O–H groups in total. The molecular formula is C23H28N2O3. The van der Waals surface area contributed by atoms with Crippen molar-refractivity contribution in [2.75, 3.05) is 32.1 Å². The van der Waals surface area contributed by atoms with Crippen LogP contribution in [0, 0.1) is 5.92 Å². The second-order valence-electron chi connectivity index (χ2n) is 7.62. The van der Waals surface area contributed by atoms with Gasteiger partial charge in [0.15, 0.2) is 0 Å². The largest absolute Gasteiger partial charge is 0.496 e. The second-order valence-corrected chi connectivity index (χ2v) is 7.62. The van der Waals surface area contributed by atoms with Crippen LogP contribution < -0.4 is 20.1 Å². The van der Waals surface area contributed by atoms with Crippen LogP contribution in [0.3, 0.4) is 0 Å². The summed E-state index contributed by atoms with van der Waals surface area (Å²) in [5.41, 5.74) is 3.41. The van der Waals surface area contributed by atoms with Gasteiger partial charge in [-0.2, -0.15) is 0 Å². The summed E-state index contributed by atoms with van der Waals surface area (Å²) in [5.74, 6) is 3.22. The molecular weight excluding hydrogens is 352 g/mol. The van der Waals surface area contributed by atoms with E-state index in [9.17, 15) is 4.79 Å². The van der Waals surface area contributed by atoms with Crippen LogP contribution in [0.5, 0.6) is 11.5 Å². The fraction of sp³-hybridized carbons (Fsp3) is 0.435. The third-order valence-corrected chi connectivity index (χ3v) is 5.61. The van der Waals surface area contributed by atoms with Crippen molar-refractivity contribution in [2.45, 2.75) is 31.6 Å². The van der Waals surface area contributed by atoms with Crippen LogP contribution in [0.4, 0.5) is 5.69 Å². The Morgan fingerprint density at radius 2 is 2.07 bits per heavy atom. The quantitative estimate of drug-likeness (QED) is 0.651. The summed E-state index contributed by atoms with van der Waals surface area (Å²) in [7, 11) is 1.74. The van der Waals surface area contributed by atoms with Crippen molar-refractivity contribution < 1.29 is 14.3 Å². The lowest BCUT2D eigenvalue weighted by Crippen LogP contribution is -2.20. The highest BCUT2D eigenvalue weighted by atomic mass is 16.5. The van der Waals surface area contributed by atoms with Gasteiger partial charge in [-0.15, -0.1) is 0 Å². The molecule has 2 atom stereocenters. The molecule has 1 aliphatic heterocycles. The van der Waals surface area contributed by atoms with Crippen LogP contribution in [0.15, 0.2) is 42.5 Å². The van der Waals surface area contributed by atoms with Crippen LogP contribution in [0.2, 0.25) is 0 Å². The van der Waals surface area contributed by atoms with Gasteiger partial charge in [0.1, 0.15) is 11.5 Å². The van der Waals surface area contributed by atoms with Gasteiger partial charge in [-0.05, 0) is 67.4 Å². The van der Waals surface area contributed by atoms with Gasteiger partial charge in [-0.1, -0.05) is 24.3 Å². The molecule has 0 saturated heterocycles. The average molecular weight is 380 g/mol. The molecule has 0 spiro atoms. The minimum atomic E-state index is 0.0837. The summed E-state index contributed by atoms with van der Waals surface area (Å²) in [6.07, 6.45) is 3.56. The van der Waals surface area contributed by atoms with Crippen molar-refractivity contribution >= 4 is 11.6 Å². The number of anilines is 1. The monoisotopic (exact) mass is 380 g/mol. The third kappa shape index (κ3) is 4.47. The highest BCUT2D eigenvalue weighted by molar-refractivity contribution is 5.94. The Morgan fingerprint density at radius 3 is 2.96 bits per heavy atom. The summed E-state index contributed by atoms with van der Waals surface area (Å²) < 4.78 is 11.3. The number of hydrogen-bond donors (Lipinski definition) is 2. The average Bonchev–Trinajstić information content (AvgIpc) is 3.49. The van der Waals surface area contributed by atoms with E-state index in [-0.39, 0.29) is 5.91 Å². The van der Waals surface area contributed by atoms with Crippen LogP contribution in [-0.2, 0) is 11.2 Å². The Kier molecular flexibility index (Phi) is 5.81. The summed E-state index contributed by atoms with van der Waals surface area (Å²) in [5, 5.41) is 6.46. The molecule has 28 heavy (non-hydrogen) atoms. The number of nitrogens with one attached hydrogen (secondary N) is 2. The van der Waals surface area contributed by atoms with Crippen molar-refractivity contribution in [2.24, 2.45) is 5.92 Å². The van der Waals surface area contributed by atoms with E-state index in [1.807, 2.05) is 30.3 Å². The fourth-order valence-electron chi connectivity index (χ4n) is 3.94. The lowest BCUT2D eigenvalue weighted by molar-refractivity contribution is -0.116. The smallest absolute Gasteiger partial charge is 0.224 e. The maximum atomic E-state index is 11.5. The Hall–Kier alpha value is -2.53. The molecule has 2 aliphatic rings. The molecule has 1 fully saturated rings. The standard InChI is InChI=1S/C23H28N2O3/c1-27-22-6-3-2-5-19(22)20-13-17(20)15-24-11-4-12-28-18-9-7-16-8-10-23(26)25-21(16)14-18/h2-3,5-7,9,14,17,20,24H,4,8,10-13,15H2,1H3,(H,25,26). The molecule has 2 unspecified atom stereocenters. The number of amides is 1. The number of para-hydroxylation sites is 1. The Bertz CT molecular complexity index is 836. The second kappa shape index (κ2) is 8.65. The SMILES string of the molecule is COc1ccccc1C1CC1CNCCCOc1ccc2c(c1)NC(=O)CC2. The maximum Gasteiger partial charge on any atom is 0.224 e. The normalized spacial score (nSPS) is 20.2. The molecule has 1 saturated carbocycles. The van der Waals surface area contributed by atoms with Crippen molar-refractivity contribution in [3.05, 3.63) is 53.6 Å². The van der Waals surface area contributed by atoms with Gasteiger partial charge in [-0.3, -0.25) is 4.79 Å². The number of hydrogen-bond acceptors (Lipinski definition) is 4. The molecule has 0 aromatic heterocycles. The van der Waals surface area contributed by atoms with E-state index in [1.54, 1.807) is 7.11 Å². The molecule has 5 heteroatoms. The molecule has 2 aromatic rings. The Balaban J connectivity index is 1.14. The molecule has 5 nitrogen and oxygen atoms in total. The first-order valence-corrected chi connectivity index (χ1v) is 10.1. The number of benzene rings is 2. The van der Waals surface area contributed by atoms with Crippen LogP contribution >= 0.6 is 0 Å². The summed E-state index contributed by atoms with van der Waals surface area (Å²) in [6.45, 7) is 2.64. The zero-order valence-electron chi connectivity index (χ0n) is 16.4. The topological polar surface area (TPSA) is 59.6 Å². The number of carbonyl (C=O) groups excluding carboxylic acids is 1. The molecule has 0 radical (unpaired) electrons. The van der Waals surface area contributed by atoms with E-state index < -0.39 is 0 Å². The first-order valence-electron chi connectivity index (χ1n) is 10.1. The van der Waals surface area contributed by atoms with E-state index in [1.165, 1.54) is 17.5 Å². The van der Waals surface area contributed by atoms with Crippen molar-refractivity contribution in [3.8, 4) is 11.5 Å². The number of rotatable bonds is 9. The third-order valence-electron chi connectivity index (χ3n) is 5.61. The first-order chi connectivity index (χ1) is 13.7. The molecule has 1 heterocycles. The van der Waals surface area contributed by atoms with Gasteiger partial charge in [0.25, 0.3) is 0 Å². The highest BCUT2D eigenvalue weighted by Gasteiger charge is 2.39. The molecule has 1 amide bonds. The zero-order chi connectivity index (χ0) is 19.3. The molecule has 0 bridgehead atoms. The summed E-state index contributed by atoms with van der Waals surface area (Å²) in [4.78, 5) is 11.5. The Morgan fingerprint density at radius 1 is 1.18 bits per heavy atom. The zero-order valence-corrected chi connectivity index (χ0v) is 16.4. The fourth-order valence-corrected chi connectivity index (χ4v) is 3.94. The van der Waals surface area contributed by atoms with Crippen LogP contribution in [-0.4, -0.2) is 32.7 Å². The van der Waals surface area contributed by atoms with E-state index in [4.69, 9.17) is 9.47 Å². The minimum Gasteiger partial charge on any atom is -0.496 e. The van der Waals surface area contributed by atoms with Gasteiger partial charge in [0, 0.05) is 18.2 Å². The number of carbonyl (C=O) groups is 1. The first kappa shape index (κ1) is 18.8. The predicted molar refractivity (Wildman–Crippen MR) is 110 cm³/mol. The van der Waals surface area contributed by atoms with Crippen molar-refractivity contribution in [3.63, 3.8) is 0 Å². The van der Waals surface area contributed by atoms with Gasteiger partial charge >= 0.3 is 0 Å². The Labute approximate surface area is 166 Å². The number of aryl methyl sites for hydroxylation is 1. The van der Waals surface area contributed by atoms with Crippen molar-refractivity contribution in [1.82, 2.24) is 5.32 Å². The lowest BCUT2D eigenvalue weighted by atomic mass is 10.0. The van der Waals surface area contributed by atoms with Crippen LogP contribution in [0.25, 0.3) is 0 Å². The molecule has 148 valence electrons. The molecule has 1 aliphatic carbocycles. The van der Waals surface area contributed by atoms with Crippen LogP contribution in [0.1, 0.15) is 36.3 Å². The molecule has 2 aromatic carbocycles. The van der Waals surface area contributed by atoms with E-state index in [2.05, 4.69) is 22.8 Å². The van der Waals surface area contributed by atoms with E-state index in [0.717, 1.165) is 43.1 Å².